The summed E-state index contributed by atoms with van der Waals surface area (Å²) < 4.78 is 33.1. The van der Waals surface area contributed by atoms with E-state index in [0.29, 0.717) is 11.4 Å². The van der Waals surface area contributed by atoms with Crippen LogP contribution in [0, 0.1) is 0 Å². The lowest BCUT2D eigenvalue weighted by molar-refractivity contribution is 0.401. The Labute approximate surface area is 130 Å². The zero-order chi connectivity index (χ0) is 15.6. The van der Waals surface area contributed by atoms with Gasteiger partial charge in [0.15, 0.2) is 0 Å². The number of anilines is 1. The van der Waals surface area contributed by atoms with Crippen LogP contribution >= 0.6 is 0 Å². The van der Waals surface area contributed by atoms with Gasteiger partial charge in [-0.3, -0.25) is 9.71 Å². The van der Waals surface area contributed by atoms with E-state index in [4.69, 9.17) is 4.74 Å². The number of nitrogens with zero attached hydrogens (tertiary/aromatic N) is 1. The quantitative estimate of drug-likeness (QED) is 0.941. The van der Waals surface area contributed by atoms with Gasteiger partial charge in [-0.25, -0.2) is 8.42 Å². The number of methoxy groups -OCH3 is 1. The molecule has 0 fully saturated rings. The Morgan fingerprint density at radius 1 is 1.18 bits per heavy atom. The zero-order valence-corrected chi connectivity index (χ0v) is 13.2. The number of benzene rings is 1. The van der Waals surface area contributed by atoms with Crippen molar-refractivity contribution in [2.24, 2.45) is 0 Å². The first-order valence-corrected chi connectivity index (χ1v) is 8.71. The molecule has 0 unspecified atom stereocenters. The molecule has 0 bridgehead atoms. The Hall–Kier alpha value is -2.08. The summed E-state index contributed by atoms with van der Waals surface area (Å²) in [6, 6.07) is 6.94. The van der Waals surface area contributed by atoms with Gasteiger partial charge in [-0.2, -0.15) is 0 Å². The molecule has 1 heterocycles. The Balaban J connectivity index is 2.02. The van der Waals surface area contributed by atoms with E-state index in [2.05, 4.69) is 9.71 Å². The van der Waals surface area contributed by atoms with Crippen molar-refractivity contribution in [3.8, 4) is 5.75 Å². The molecule has 0 saturated heterocycles. The summed E-state index contributed by atoms with van der Waals surface area (Å²) in [4.78, 5) is 4.10. The van der Waals surface area contributed by atoms with Crippen molar-refractivity contribution >= 4 is 15.7 Å². The molecule has 2 aromatic rings. The van der Waals surface area contributed by atoms with Crippen LogP contribution in [0.1, 0.15) is 24.0 Å². The summed E-state index contributed by atoms with van der Waals surface area (Å²) in [6.45, 7) is 0. The van der Waals surface area contributed by atoms with Gasteiger partial charge >= 0.3 is 0 Å². The second-order valence-electron chi connectivity index (χ2n) is 5.33. The third-order valence-corrected chi connectivity index (χ3v) is 5.23. The molecular formula is C16H18N2O3S. The lowest BCUT2D eigenvalue weighted by Gasteiger charge is -2.19. The fourth-order valence-electron chi connectivity index (χ4n) is 2.74. The normalized spacial score (nSPS) is 14.2. The smallest absolute Gasteiger partial charge is 0.265 e. The number of fused-ring (bicyclic) bond motifs is 1. The molecule has 6 heteroatoms. The Morgan fingerprint density at radius 3 is 2.55 bits per heavy atom. The summed E-state index contributed by atoms with van der Waals surface area (Å²) in [5, 5.41) is 0. The highest BCUT2D eigenvalue weighted by Crippen LogP contribution is 2.32. The molecule has 116 valence electrons. The molecule has 0 spiro atoms. The minimum absolute atomic E-state index is 0.180. The van der Waals surface area contributed by atoms with E-state index >= 15 is 0 Å². The van der Waals surface area contributed by atoms with E-state index < -0.39 is 10.0 Å². The number of aromatic nitrogens is 1. The molecule has 1 aliphatic carbocycles. The van der Waals surface area contributed by atoms with Gasteiger partial charge in [0, 0.05) is 6.20 Å². The van der Waals surface area contributed by atoms with E-state index in [0.717, 1.165) is 31.2 Å². The number of rotatable bonds is 4. The first-order valence-electron chi connectivity index (χ1n) is 7.23. The van der Waals surface area contributed by atoms with Gasteiger partial charge in [-0.15, -0.1) is 0 Å². The van der Waals surface area contributed by atoms with Crippen LogP contribution in [0.3, 0.4) is 0 Å². The highest BCUT2D eigenvalue weighted by atomic mass is 32.2. The second kappa shape index (κ2) is 5.96. The number of nitrogens with one attached hydrogen (secondary N) is 1. The van der Waals surface area contributed by atoms with Crippen molar-refractivity contribution in [1.82, 2.24) is 4.98 Å². The first kappa shape index (κ1) is 14.8. The molecule has 1 aromatic carbocycles. The van der Waals surface area contributed by atoms with Crippen molar-refractivity contribution in [3.63, 3.8) is 0 Å². The van der Waals surface area contributed by atoms with Gasteiger partial charge in [0.25, 0.3) is 10.0 Å². The predicted molar refractivity (Wildman–Crippen MR) is 84.7 cm³/mol. The maximum atomic E-state index is 12.6. The average molecular weight is 318 g/mol. The van der Waals surface area contributed by atoms with E-state index in [1.54, 1.807) is 24.4 Å². The third-order valence-electron chi connectivity index (χ3n) is 3.83. The molecule has 0 amide bonds. The van der Waals surface area contributed by atoms with Gasteiger partial charge in [-0.05, 0) is 61.1 Å². The summed E-state index contributed by atoms with van der Waals surface area (Å²) in [5.41, 5.74) is 2.71. The molecule has 1 N–H and O–H groups in total. The maximum Gasteiger partial charge on any atom is 0.265 e. The standard InChI is InChI=1S/C16H18N2O3S/c1-21-15-9-12-5-2-3-6-13(12)10-16(15)22(19,20)18-14-7-4-8-17-11-14/h4,7-11,18H,2-3,5-6H2,1H3. The molecule has 3 rings (SSSR count). The molecule has 0 saturated carbocycles. The minimum Gasteiger partial charge on any atom is -0.495 e. The van der Waals surface area contributed by atoms with Crippen LogP contribution in [0.25, 0.3) is 0 Å². The molecular weight excluding hydrogens is 300 g/mol. The highest BCUT2D eigenvalue weighted by molar-refractivity contribution is 7.92. The number of hydrogen-bond donors (Lipinski definition) is 1. The predicted octanol–water partition coefficient (Wildman–Crippen LogP) is 2.77. The van der Waals surface area contributed by atoms with Crippen LogP contribution in [0.15, 0.2) is 41.6 Å². The van der Waals surface area contributed by atoms with Crippen molar-refractivity contribution in [3.05, 3.63) is 47.8 Å². The van der Waals surface area contributed by atoms with Crippen molar-refractivity contribution in [1.29, 1.82) is 0 Å². The fourth-order valence-corrected chi connectivity index (χ4v) is 3.99. The minimum atomic E-state index is -3.70. The van der Waals surface area contributed by atoms with Crippen molar-refractivity contribution < 1.29 is 13.2 Å². The monoisotopic (exact) mass is 318 g/mol. The van der Waals surface area contributed by atoms with E-state index in [1.165, 1.54) is 18.9 Å². The van der Waals surface area contributed by atoms with Crippen LogP contribution in [0.5, 0.6) is 5.75 Å². The molecule has 0 aliphatic heterocycles. The Morgan fingerprint density at radius 2 is 1.91 bits per heavy atom. The van der Waals surface area contributed by atoms with Gasteiger partial charge < -0.3 is 4.74 Å². The van der Waals surface area contributed by atoms with Crippen molar-refractivity contribution in [2.75, 3.05) is 11.8 Å². The van der Waals surface area contributed by atoms with E-state index in [9.17, 15) is 8.42 Å². The van der Waals surface area contributed by atoms with Gasteiger partial charge in [0.1, 0.15) is 10.6 Å². The molecule has 22 heavy (non-hydrogen) atoms. The molecule has 0 atom stereocenters. The molecule has 0 radical (unpaired) electrons. The molecule has 1 aromatic heterocycles. The van der Waals surface area contributed by atoms with Crippen LogP contribution in [0.2, 0.25) is 0 Å². The number of pyridine rings is 1. The summed E-state index contributed by atoms with van der Waals surface area (Å²) in [5.74, 6) is 0.386. The number of hydrogen-bond acceptors (Lipinski definition) is 4. The Bertz CT molecular complexity index is 773. The average Bonchev–Trinajstić information content (AvgIpc) is 2.54. The first-order chi connectivity index (χ1) is 10.6. The number of aryl methyl sites for hydroxylation is 2. The second-order valence-corrected chi connectivity index (χ2v) is 6.98. The zero-order valence-electron chi connectivity index (χ0n) is 12.4. The van der Waals surface area contributed by atoms with E-state index in [1.807, 2.05) is 6.07 Å². The largest absolute Gasteiger partial charge is 0.495 e. The van der Waals surface area contributed by atoms with Gasteiger partial charge in [0.05, 0.1) is 19.0 Å². The van der Waals surface area contributed by atoms with Gasteiger partial charge in [-0.1, -0.05) is 0 Å². The summed E-state index contributed by atoms with van der Waals surface area (Å²) >= 11 is 0. The fraction of sp³-hybridized carbons (Fsp3) is 0.312. The number of ether oxygens (including phenoxy) is 1. The molecule has 1 aliphatic rings. The highest BCUT2D eigenvalue weighted by Gasteiger charge is 2.23. The molecule has 5 nitrogen and oxygen atoms in total. The summed E-state index contributed by atoms with van der Waals surface area (Å²) in [6.07, 6.45) is 7.18. The third kappa shape index (κ3) is 2.92. The lowest BCUT2D eigenvalue weighted by atomic mass is 9.92. The lowest BCUT2D eigenvalue weighted by Crippen LogP contribution is -2.16. The SMILES string of the molecule is COc1cc2c(cc1S(=O)(=O)Nc1cccnc1)CCCC2. The van der Waals surface area contributed by atoms with E-state index in [-0.39, 0.29) is 4.90 Å². The maximum absolute atomic E-state index is 12.6. The van der Waals surface area contributed by atoms with Crippen LogP contribution in [-0.4, -0.2) is 20.5 Å². The van der Waals surface area contributed by atoms with Gasteiger partial charge in [0.2, 0.25) is 0 Å². The van der Waals surface area contributed by atoms with Crippen LogP contribution in [-0.2, 0) is 22.9 Å². The van der Waals surface area contributed by atoms with Crippen LogP contribution in [0.4, 0.5) is 5.69 Å². The van der Waals surface area contributed by atoms with Crippen molar-refractivity contribution in [2.45, 2.75) is 30.6 Å². The summed E-state index contributed by atoms with van der Waals surface area (Å²) in [7, 11) is -2.21. The topological polar surface area (TPSA) is 68.3 Å². The van der Waals surface area contributed by atoms with Crippen LogP contribution < -0.4 is 9.46 Å². The Kier molecular flexibility index (Phi) is 4.02. The number of sulfonamides is 1.